The number of ether oxygens (including phenoxy) is 6. The summed E-state index contributed by atoms with van der Waals surface area (Å²) < 4.78 is 29.6. The number of carbonyl (C=O) groups is 2. The van der Waals surface area contributed by atoms with E-state index in [9.17, 15) is 9.59 Å². The van der Waals surface area contributed by atoms with E-state index in [2.05, 4.69) is 9.47 Å². The molecule has 0 aliphatic carbocycles. The fraction of sp³-hybridized carbons (Fsp3) is 0.818. The summed E-state index contributed by atoms with van der Waals surface area (Å²) in [5.74, 6) is 0. The van der Waals surface area contributed by atoms with Gasteiger partial charge in [-0.1, -0.05) is 0 Å². The maximum Gasteiger partial charge on any atom is 0.508 e. The quantitative estimate of drug-likeness (QED) is 0.620. The Balaban J connectivity index is 1.51. The summed E-state index contributed by atoms with van der Waals surface area (Å²) in [6.45, 7) is 3.12. The molecule has 8 nitrogen and oxygen atoms in total. The number of hydrogen-bond acceptors (Lipinski definition) is 8. The van der Waals surface area contributed by atoms with Crippen LogP contribution in [0, 0.1) is 0 Å². The molecule has 0 aromatic heterocycles. The monoisotopic (exact) mass is 276 g/mol. The smallest absolute Gasteiger partial charge is 0.430 e. The van der Waals surface area contributed by atoms with Gasteiger partial charge in [-0.2, -0.15) is 0 Å². The van der Waals surface area contributed by atoms with Crippen LogP contribution in [0.2, 0.25) is 0 Å². The predicted molar refractivity (Wildman–Crippen MR) is 58.7 cm³/mol. The van der Waals surface area contributed by atoms with Crippen molar-refractivity contribution < 1.29 is 38.0 Å². The molecule has 0 bridgehead atoms. The summed E-state index contributed by atoms with van der Waals surface area (Å²) >= 11 is 0. The highest BCUT2D eigenvalue weighted by Crippen LogP contribution is 2.09. The normalized spacial score (nSPS) is 27.4. The molecule has 2 aliphatic heterocycles. The van der Waals surface area contributed by atoms with Crippen molar-refractivity contribution in [3.05, 3.63) is 0 Å². The lowest BCUT2D eigenvalue weighted by atomic mass is 10.4. The van der Waals surface area contributed by atoms with Crippen molar-refractivity contribution >= 4 is 12.3 Å². The first-order valence-electron chi connectivity index (χ1n) is 5.99. The minimum absolute atomic E-state index is 0.169. The molecule has 8 heteroatoms. The largest absolute Gasteiger partial charge is 0.508 e. The molecule has 0 amide bonds. The van der Waals surface area contributed by atoms with Gasteiger partial charge in [-0.25, -0.2) is 9.59 Å². The molecule has 2 rings (SSSR count). The molecule has 2 fully saturated rings. The third kappa shape index (κ3) is 4.56. The zero-order valence-electron chi connectivity index (χ0n) is 10.5. The fourth-order valence-electron chi connectivity index (χ4n) is 1.58. The van der Waals surface area contributed by atoms with Crippen LogP contribution in [-0.2, 0) is 28.4 Å². The number of carbonyl (C=O) groups excluding carboxylic acids is 2. The van der Waals surface area contributed by atoms with E-state index in [0.29, 0.717) is 6.61 Å². The number of cyclic esters (lactones) is 4. The molecule has 3 unspecified atom stereocenters. The van der Waals surface area contributed by atoms with E-state index in [1.807, 2.05) is 6.92 Å². The molecule has 0 saturated carbocycles. The molecule has 0 aromatic rings. The van der Waals surface area contributed by atoms with Gasteiger partial charge >= 0.3 is 12.3 Å². The zero-order chi connectivity index (χ0) is 13.7. The summed E-state index contributed by atoms with van der Waals surface area (Å²) in [6, 6.07) is 0. The SMILES string of the molecule is CC(COCC1COC(=O)O1)OCC1COC(=O)O1. The third-order valence-corrected chi connectivity index (χ3v) is 2.52. The van der Waals surface area contributed by atoms with Crippen LogP contribution in [-0.4, -0.2) is 63.7 Å². The van der Waals surface area contributed by atoms with Crippen LogP contribution >= 0.6 is 0 Å². The Morgan fingerprint density at radius 1 is 1.11 bits per heavy atom. The molecule has 108 valence electrons. The van der Waals surface area contributed by atoms with Gasteiger partial charge in [-0.3, -0.25) is 0 Å². The van der Waals surface area contributed by atoms with E-state index in [-0.39, 0.29) is 44.7 Å². The van der Waals surface area contributed by atoms with E-state index >= 15 is 0 Å². The van der Waals surface area contributed by atoms with E-state index in [1.165, 1.54) is 0 Å². The average Bonchev–Trinajstić information content (AvgIpc) is 2.96. The standard InChI is InChI=1S/C11H16O8/c1-7(15-4-9-6-17-11(13)19-9)2-14-3-8-5-16-10(12)18-8/h7-9H,2-6H2,1H3. The van der Waals surface area contributed by atoms with E-state index < -0.39 is 12.3 Å². The zero-order valence-corrected chi connectivity index (χ0v) is 10.5. The predicted octanol–water partition coefficient (Wildman–Crippen LogP) is 0.479. The van der Waals surface area contributed by atoms with Crippen molar-refractivity contribution in [2.45, 2.75) is 25.2 Å². The first kappa shape index (κ1) is 13.9. The molecule has 0 radical (unpaired) electrons. The van der Waals surface area contributed by atoms with Crippen LogP contribution < -0.4 is 0 Å². The minimum Gasteiger partial charge on any atom is -0.430 e. The lowest BCUT2D eigenvalue weighted by Crippen LogP contribution is -2.26. The lowest BCUT2D eigenvalue weighted by Gasteiger charge is -2.15. The van der Waals surface area contributed by atoms with Gasteiger partial charge in [-0.05, 0) is 6.92 Å². The van der Waals surface area contributed by atoms with E-state index in [1.54, 1.807) is 0 Å². The van der Waals surface area contributed by atoms with Crippen molar-refractivity contribution in [3.8, 4) is 0 Å². The summed E-state index contributed by atoms with van der Waals surface area (Å²) in [7, 11) is 0. The number of hydrogen-bond donors (Lipinski definition) is 0. The summed E-state index contributed by atoms with van der Waals surface area (Å²) in [5, 5.41) is 0. The maximum atomic E-state index is 10.7. The second-order valence-electron chi connectivity index (χ2n) is 4.28. The molecular formula is C11H16O8. The van der Waals surface area contributed by atoms with Crippen LogP contribution in [0.15, 0.2) is 0 Å². The number of rotatable bonds is 7. The summed E-state index contributed by atoms with van der Waals surface area (Å²) in [6.07, 6.45) is -2.22. The van der Waals surface area contributed by atoms with Gasteiger partial charge in [0.05, 0.1) is 25.9 Å². The summed E-state index contributed by atoms with van der Waals surface area (Å²) in [5.41, 5.74) is 0. The molecule has 0 spiro atoms. The first-order chi connectivity index (χ1) is 9.13. The highest BCUT2D eigenvalue weighted by Gasteiger charge is 2.26. The van der Waals surface area contributed by atoms with Crippen molar-refractivity contribution in [2.75, 3.05) is 33.0 Å². The van der Waals surface area contributed by atoms with Crippen LogP contribution in [0.25, 0.3) is 0 Å². The van der Waals surface area contributed by atoms with Gasteiger partial charge in [0.1, 0.15) is 13.2 Å². The Kier molecular flexibility index (Phi) is 4.80. The van der Waals surface area contributed by atoms with Crippen LogP contribution in [0.4, 0.5) is 9.59 Å². The van der Waals surface area contributed by atoms with Crippen molar-refractivity contribution in [1.29, 1.82) is 0 Å². The molecule has 2 saturated heterocycles. The van der Waals surface area contributed by atoms with Crippen molar-refractivity contribution in [1.82, 2.24) is 0 Å². The van der Waals surface area contributed by atoms with Gasteiger partial charge in [0.15, 0.2) is 12.2 Å². The molecule has 3 atom stereocenters. The van der Waals surface area contributed by atoms with E-state index in [4.69, 9.17) is 18.9 Å². The Labute approximate surface area is 109 Å². The molecule has 19 heavy (non-hydrogen) atoms. The van der Waals surface area contributed by atoms with Crippen LogP contribution in [0.5, 0.6) is 0 Å². The lowest BCUT2D eigenvalue weighted by molar-refractivity contribution is -0.0467. The van der Waals surface area contributed by atoms with Crippen LogP contribution in [0.1, 0.15) is 6.92 Å². The van der Waals surface area contributed by atoms with Crippen molar-refractivity contribution in [2.24, 2.45) is 0 Å². The molecule has 0 N–H and O–H groups in total. The maximum absolute atomic E-state index is 10.7. The highest BCUT2D eigenvalue weighted by molar-refractivity contribution is 5.62. The second-order valence-corrected chi connectivity index (χ2v) is 4.28. The van der Waals surface area contributed by atoms with Gasteiger partial charge in [0.25, 0.3) is 0 Å². The fourth-order valence-corrected chi connectivity index (χ4v) is 1.58. The van der Waals surface area contributed by atoms with Gasteiger partial charge in [0, 0.05) is 0 Å². The Morgan fingerprint density at radius 3 is 2.21 bits per heavy atom. The second kappa shape index (κ2) is 6.58. The van der Waals surface area contributed by atoms with Gasteiger partial charge in [-0.15, -0.1) is 0 Å². The van der Waals surface area contributed by atoms with Crippen molar-refractivity contribution in [3.63, 3.8) is 0 Å². The first-order valence-corrected chi connectivity index (χ1v) is 5.99. The van der Waals surface area contributed by atoms with Gasteiger partial charge < -0.3 is 28.4 Å². The molecule has 0 aromatic carbocycles. The highest BCUT2D eigenvalue weighted by atomic mass is 16.8. The molecule has 2 heterocycles. The average molecular weight is 276 g/mol. The Hall–Kier alpha value is -1.54. The molecule has 2 aliphatic rings. The minimum atomic E-state index is -0.666. The van der Waals surface area contributed by atoms with E-state index in [0.717, 1.165) is 0 Å². The molecular weight excluding hydrogens is 260 g/mol. The topological polar surface area (TPSA) is 89.5 Å². The van der Waals surface area contributed by atoms with Gasteiger partial charge in [0.2, 0.25) is 0 Å². The van der Waals surface area contributed by atoms with Crippen LogP contribution in [0.3, 0.4) is 0 Å². The summed E-state index contributed by atoms with van der Waals surface area (Å²) in [4.78, 5) is 21.3. The Bertz CT molecular complexity index is 331. The third-order valence-electron chi connectivity index (χ3n) is 2.52. The Morgan fingerprint density at radius 2 is 1.68 bits per heavy atom.